The van der Waals surface area contributed by atoms with Crippen molar-refractivity contribution in [1.82, 2.24) is 0 Å². The van der Waals surface area contributed by atoms with Gasteiger partial charge in [-0.25, -0.2) is 0 Å². The van der Waals surface area contributed by atoms with Gasteiger partial charge in [-0.2, -0.15) is 0 Å². The zero-order valence-electron chi connectivity index (χ0n) is 13.8. The molecule has 0 saturated heterocycles. The highest BCUT2D eigenvalue weighted by molar-refractivity contribution is 5.75. The molecule has 3 nitrogen and oxygen atoms in total. The van der Waals surface area contributed by atoms with Gasteiger partial charge >= 0.3 is 5.97 Å². The van der Waals surface area contributed by atoms with E-state index in [1.54, 1.807) is 0 Å². The number of hydrogen-bond donors (Lipinski definition) is 1. The highest BCUT2D eigenvalue weighted by Gasteiger charge is 2.57. The second-order valence-electron chi connectivity index (χ2n) is 8.93. The van der Waals surface area contributed by atoms with Crippen molar-refractivity contribution in [2.24, 2.45) is 28.1 Å². The molecule has 4 aliphatic rings. The standard InChI is InChI=1S/C18H30O3/c1-4-16(2,3)15(20)21-12-18-8-13-5-14(9-18)7-17(6-13,10-18)11-19/h13-14,19H,4-12H2,1-3H3. The average Bonchev–Trinajstić information content (AvgIpc) is 2.43. The summed E-state index contributed by atoms with van der Waals surface area (Å²) in [6.45, 7) is 6.85. The molecule has 0 aromatic heterocycles. The molecule has 4 aliphatic carbocycles. The minimum absolute atomic E-state index is 0.0567. The Morgan fingerprint density at radius 2 is 1.76 bits per heavy atom. The van der Waals surface area contributed by atoms with Crippen molar-refractivity contribution in [3.63, 3.8) is 0 Å². The minimum atomic E-state index is -0.378. The molecule has 0 heterocycles. The first kappa shape index (κ1) is 15.3. The minimum Gasteiger partial charge on any atom is -0.465 e. The molecule has 0 amide bonds. The predicted molar refractivity (Wildman–Crippen MR) is 81.7 cm³/mol. The fourth-order valence-corrected chi connectivity index (χ4v) is 5.56. The summed E-state index contributed by atoms with van der Waals surface area (Å²) in [4.78, 5) is 12.3. The third-order valence-electron chi connectivity index (χ3n) is 6.58. The third-order valence-corrected chi connectivity index (χ3v) is 6.58. The summed E-state index contributed by atoms with van der Waals surface area (Å²) in [6, 6.07) is 0. The Labute approximate surface area is 128 Å². The van der Waals surface area contributed by atoms with Crippen LogP contribution >= 0.6 is 0 Å². The molecule has 0 aliphatic heterocycles. The average molecular weight is 294 g/mol. The summed E-state index contributed by atoms with van der Waals surface area (Å²) < 4.78 is 5.75. The van der Waals surface area contributed by atoms with Gasteiger partial charge in [-0.15, -0.1) is 0 Å². The van der Waals surface area contributed by atoms with Gasteiger partial charge in [0.05, 0.1) is 12.0 Å². The zero-order chi connectivity index (χ0) is 15.3. The van der Waals surface area contributed by atoms with Crippen LogP contribution in [0.2, 0.25) is 0 Å². The monoisotopic (exact) mass is 294 g/mol. The Bertz CT molecular complexity index is 412. The summed E-state index contributed by atoms with van der Waals surface area (Å²) >= 11 is 0. The van der Waals surface area contributed by atoms with E-state index >= 15 is 0 Å². The Kier molecular flexibility index (Phi) is 3.63. The molecule has 3 heteroatoms. The van der Waals surface area contributed by atoms with Gasteiger partial charge in [-0.05, 0) is 76.0 Å². The first-order chi connectivity index (χ1) is 9.82. The summed E-state index contributed by atoms with van der Waals surface area (Å²) in [5.74, 6) is 1.44. The van der Waals surface area contributed by atoms with Gasteiger partial charge in [-0.1, -0.05) is 6.92 Å². The van der Waals surface area contributed by atoms with Gasteiger partial charge < -0.3 is 9.84 Å². The molecule has 4 saturated carbocycles. The normalized spacial score (nSPS) is 41.3. The topological polar surface area (TPSA) is 46.5 Å². The van der Waals surface area contributed by atoms with Crippen molar-refractivity contribution in [3.05, 3.63) is 0 Å². The number of hydrogen-bond acceptors (Lipinski definition) is 3. The van der Waals surface area contributed by atoms with E-state index < -0.39 is 0 Å². The Morgan fingerprint density at radius 3 is 2.29 bits per heavy atom. The van der Waals surface area contributed by atoms with Crippen molar-refractivity contribution in [2.75, 3.05) is 13.2 Å². The highest BCUT2D eigenvalue weighted by Crippen LogP contribution is 2.65. The Morgan fingerprint density at radius 1 is 1.19 bits per heavy atom. The fourth-order valence-electron chi connectivity index (χ4n) is 5.56. The van der Waals surface area contributed by atoms with E-state index in [0.717, 1.165) is 24.7 Å². The summed E-state index contributed by atoms with van der Waals surface area (Å²) in [7, 11) is 0. The molecule has 0 radical (unpaired) electrons. The molecule has 0 aromatic carbocycles. The SMILES string of the molecule is CCC(C)(C)C(=O)OCC12CC3CC(CC(CO)(C3)C1)C2. The number of rotatable bonds is 5. The van der Waals surface area contributed by atoms with Crippen LogP contribution in [0.15, 0.2) is 0 Å². The van der Waals surface area contributed by atoms with Crippen molar-refractivity contribution >= 4 is 5.97 Å². The second kappa shape index (κ2) is 4.97. The maximum atomic E-state index is 12.3. The molecular formula is C18H30O3. The largest absolute Gasteiger partial charge is 0.465 e. The summed E-state index contributed by atoms with van der Waals surface area (Å²) in [5.41, 5.74) is -0.0833. The van der Waals surface area contributed by atoms with Crippen LogP contribution in [0.25, 0.3) is 0 Å². The van der Waals surface area contributed by atoms with Crippen molar-refractivity contribution in [2.45, 2.75) is 65.7 Å². The van der Waals surface area contributed by atoms with E-state index in [-0.39, 0.29) is 22.2 Å². The molecule has 4 bridgehead atoms. The van der Waals surface area contributed by atoms with Crippen LogP contribution in [-0.2, 0) is 9.53 Å². The first-order valence-corrected chi connectivity index (χ1v) is 8.60. The van der Waals surface area contributed by atoms with Crippen molar-refractivity contribution in [3.8, 4) is 0 Å². The van der Waals surface area contributed by atoms with E-state index in [4.69, 9.17) is 4.74 Å². The molecule has 2 atom stereocenters. The van der Waals surface area contributed by atoms with Gasteiger partial charge in [0.25, 0.3) is 0 Å². The van der Waals surface area contributed by atoms with Gasteiger partial charge in [0, 0.05) is 12.0 Å². The second-order valence-corrected chi connectivity index (χ2v) is 8.93. The highest BCUT2D eigenvalue weighted by atomic mass is 16.5. The third kappa shape index (κ3) is 2.62. The summed E-state index contributed by atoms with van der Waals surface area (Å²) in [5, 5.41) is 9.88. The molecule has 21 heavy (non-hydrogen) atoms. The van der Waals surface area contributed by atoms with Crippen LogP contribution in [0.5, 0.6) is 0 Å². The fraction of sp³-hybridized carbons (Fsp3) is 0.944. The van der Waals surface area contributed by atoms with Gasteiger partial charge in [0.2, 0.25) is 0 Å². The van der Waals surface area contributed by atoms with Crippen LogP contribution in [0.4, 0.5) is 0 Å². The van der Waals surface area contributed by atoms with Gasteiger partial charge in [-0.3, -0.25) is 4.79 Å². The lowest BCUT2D eigenvalue weighted by molar-refractivity contribution is -0.176. The molecular weight excluding hydrogens is 264 g/mol. The molecule has 0 spiro atoms. The number of esters is 1. The van der Waals surface area contributed by atoms with E-state index in [9.17, 15) is 9.90 Å². The number of ether oxygens (including phenoxy) is 1. The first-order valence-electron chi connectivity index (χ1n) is 8.60. The maximum Gasteiger partial charge on any atom is 0.311 e. The number of carbonyl (C=O) groups is 1. The summed E-state index contributed by atoms with van der Waals surface area (Å²) in [6.07, 6.45) is 7.98. The number of aliphatic hydroxyl groups is 1. The van der Waals surface area contributed by atoms with Crippen LogP contribution in [0.1, 0.15) is 65.7 Å². The quantitative estimate of drug-likeness (QED) is 0.789. The zero-order valence-corrected chi connectivity index (χ0v) is 13.8. The molecule has 4 rings (SSSR count). The Hall–Kier alpha value is -0.570. The Balaban J connectivity index is 1.69. The lowest BCUT2D eigenvalue weighted by Crippen LogP contribution is -2.55. The molecule has 0 aromatic rings. The van der Waals surface area contributed by atoms with E-state index in [2.05, 4.69) is 0 Å². The van der Waals surface area contributed by atoms with Crippen LogP contribution in [0, 0.1) is 28.1 Å². The smallest absolute Gasteiger partial charge is 0.311 e. The number of aliphatic hydroxyl groups excluding tert-OH is 1. The predicted octanol–water partition coefficient (Wildman–Crippen LogP) is 3.54. The van der Waals surface area contributed by atoms with Crippen molar-refractivity contribution in [1.29, 1.82) is 0 Å². The van der Waals surface area contributed by atoms with Crippen molar-refractivity contribution < 1.29 is 14.6 Å². The van der Waals surface area contributed by atoms with Crippen LogP contribution < -0.4 is 0 Å². The molecule has 1 N–H and O–H groups in total. The van der Waals surface area contributed by atoms with E-state index in [1.807, 2.05) is 20.8 Å². The van der Waals surface area contributed by atoms with Crippen LogP contribution in [-0.4, -0.2) is 24.3 Å². The van der Waals surface area contributed by atoms with E-state index in [1.165, 1.54) is 32.1 Å². The maximum absolute atomic E-state index is 12.3. The van der Waals surface area contributed by atoms with Gasteiger partial charge in [0.1, 0.15) is 0 Å². The number of carbonyl (C=O) groups excluding carboxylic acids is 1. The lowest BCUT2D eigenvalue weighted by atomic mass is 9.44. The molecule has 4 fully saturated rings. The van der Waals surface area contributed by atoms with Crippen LogP contribution in [0.3, 0.4) is 0 Å². The molecule has 2 unspecified atom stereocenters. The molecule has 120 valence electrons. The lowest BCUT2D eigenvalue weighted by Gasteiger charge is -2.61. The van der Waals surface area contributed by atoms with E-state index in [0.29, 0.717) is 13.2 Å². The van der Waals surface area contributed by atoms with Gasteiger partial charge in [0.15, 0.2) is 0 Å².